The first-order chi connectivity index (χ1) is 9.54. The molecule has 2 aliphatic rings. The molecule has 1 heteroatoms. The molecule has 20 heavy (non-hydrogen) atoms. The van der Waals surface area contributed by atoms with Crippen LogP contribution in [-0.2, 0) is 5.41 Å². The van der Waals surface area contributed by atoms with Crippen molar-refractivity contribution in [1.82, 2.24) is 5.32 Å². The van der Waals surface area contributed by atoms with Crippen LogP contribution in [-0.4, -0.2) is 13.1 Å². The van der Waals surface area contributed by atoms with E-state index in [1.165, 1.54) is 37.7 Å². The molecule has 0 radical (unpaired) electrons. The Labute approximate surface area is 124 Å². The molecule has 0 amide bonds. The van der Waals surface area contributed by atoms with Crippen LogP contribution in [0.25, 0.3) is 0 Å². The van der Waals surface area contributed by atoms with Crippen LogP contribution in [0.5, 0.6) is 0 Å². The average Bonchev–Trinajstić information content (AvgIpc) is 2.31. The van der Waals surface area contributed by atoms with Crippen molar-refractivity contribution in [2.75, 3.05) is 13.1 Å². The third kappa shape index (κ3) is 2.53. The van der Waals surface area contributed by atoms with Gasteiger partial charge in [0.1, 0.15) is 0 Å². The van der Waals surface area contributed by atoms with Crippen molar-refractivity contribution < 1.29 is 0 Å². The maximum atomic E-state index is 3.73. The van der Waals surface area contributed by atoms with Crippen LogP contribution in [0.4, 0.5) is 0 Å². The van der Waals surface area contributed by atoms with Crippen molar-refractivity contribution in [1.29, 1.82) is 0 Å². The fraction of sp³-hybridized carbons (Fsp3) is 0.684. The molecule has 0 aromatic heterocycles. The summed E-state index contributed by atoms with van der Waals surface area (Å²) in [5.74, 6) is 0.739. The highest BCUT2D eigenvalue weighted by atomic mass is 14.9. The van der Waals surface area contributed by atoms with Gasteiger partial charge >= 0.3 is 0 Å². The summed E-state index contributed by atoms with van der Waals surface area (Å²) in [5, 5.41) is 3.73. The van der Waals surface area contributed by atoms with Gasteiger partial charge in [-0.3, -0.25) is 0 Å². The van der Waals surface area contributed by atoms with Crippen molar-refractivity contribution in [3.63, 3.8) is 0 Å². The molecule has 0 atom stereocenters. The third-order valence-corrected chi connectivity index (χ3v) is 5.52. The molecule has 2 saturated carbocycles. The maximum absolute atomic E-state index is 3.73. The van der Waals surface area contributed by atoms with Crippen molar-refractivity contribution in [2.24, 2.45) is 11.3 Å². The topological polar surface area (TPSA) is 12.0 Å². The lowest BCUT2D eigenvalue weighted by Gasteiger charge is -2.62. The number of rotatable bonds is 5. The summed E-state index contributed by atoms with van der Waals surface area (Å²) in [5.41, 5.74) is 4.08. The van der Waals surface area contributed by atoms with E-state index in [4.69, 9.17) is 0 Å². The lowest BCUT2D eigenvalue weighted by Crippen LogP contribution is -2.57. The number of benzene rings is 1. The Hall–Kier alpha value is -0.820. The first-order valence-electron chi connectivity index (χ1n) is 8.32. The normalized spacial score (nSPS) is 22.6. The molecule has 0 saturated heterocycles. The summed E-state index contributed by atoms with van der Waals surface area (Å²) in [6.45, 7) is 9.07. The fourth-order valence-corrected chi connectivity index (χ4v) is 4.35. The molecule has 0 aliphatic heterocycles. The van der Waals surface area contributed by atoms with Crippen LogP contribution in [0, 0.1) is 18.3 Å². The number of nitrogens with one attached hydrogen (secondary N) is 1. The Balaban J connectivity index is 1.72. The smallest absolute Gasteiger partial charge is 0.00883 e. The molecule has 2 aliphatic carbocycles. The molecule has 0 bridgehead atoms. The molecule has 1 spiro atoms. The van der Waals surface area contributed by atoms with E-state index >= 15 is 0 Å². The Morgan fingerprint density at radius 1 is 1.10 bits per heavy atom. The second-order valence-electron chi connectivity index (χ2n) is 7.88. The van der Waals surface area contributed by atoms with E-state index in [2.05, 4.69) is 50.4 Å². The maximum Gasteiger partial charge on any atom is 0.00883 e. The Morgan fingerprint density at radius 3 is 2.25 bits per heavy atom. The zero-order valence-electron chi connectivity index (χ0n) is 13.3. The van der Waals surface area contributed by atoms with E-state index in [9.17, 15) is 0 Å². The predicted octanol–water partition coefficient (Wildman–Crippen LogP) is 4.44. The minimum atomic E-state index is 0.420. The summed E-state index contributed by atoms with van der Waals surface area (Å²) in [4.78, 5) is 0. The zero-order chi connectivity index (χ0) is 14.2. The molecular weight excluding hydrogens is 242 g/mol. The summed E-state index contributed by atoms with van der Waals surface area (Å²) < 4.78 is 0. The molecule has 1 N–H and O–H groups in total. The monoisotopic (exact) mass is 271 g/mol. The SMILES string of the molecule is Cc1ccc(C2(CNCC(C)C)CC3(CCC3)C2)cc1. The Morgan fingerprint density at radius 2 is 1.75 bits per heavy atom. The quantitative estimate of drug-likeness (QED) is 0.834. The van der Waals surface area contributed by atoms with Crippen molar-refractivity contribution in [3.8, 4) is 0 Å². The Kier molecular flexibility index (Phi) is 3.66. The summed E-state index contributed by atoms with van der Waals surface area (Å²) in [6, 6.07) is 9.31. The van der Waals surface area contributed by atoms with E-state index in [0.29, 0.717) is 5.41 Å². The standard InChI is InChI=1S/C19H29N/c1-15(2)11-20-14-19(12-18(13-19)9-4-10-18)17-7-5-16(3)6-8-17/h5-8,15,20H,4,9-14H2,1-3H3. The van der Waals surface area contributed by atoms with Crippen LogP contribution in [0.3, 0.4) is 0 Å². The number of aryl methyl sites for hydroxylation is 1. The summed E-state index contributed by atoms with van der Waals surface area (Å²) in [6.07, 6.45) is 7.24. The molecular formula is C19H29N. The van der Waals surface area contributed by atoms with E-state index in [1.54, 1.807) is 5.56 Å². The Bertz CT molecular complexity index is 445. The molecule has 0 heterocycles. The fourth-order valence-electron chi connectivity index (χ4n) is 4.35. The van der Waals surface area contributed by atoms with Crippen molar-refractivity contribution in [3.05, 3.63) is 35.4 Å². The zero-order valence-corrected chi connectivity index (χ0v) is 13.3. The largest absolute Gasteiger partial charge is 0.316 e. The highest BCUT2D eigenvalue weighted by molar-refractivity contribution is 5.34. The van der Waals surface area contributed by atoms with Crippen LogP contribution in [0.2, 0.25) is 0 Å². The average molecular weight is 271 g/mol. The lowest BCUT2D eigenvalue weighted by molar-refractivity contribution is -0.0484. The third-order valence-electron chi connectivity index (χ3n) is 5.52. The van der Waals surface area contributed by atoms with Gasteiger partial charge in [-0.05, 0) is 56.0 Å². The van der Waals surface area contributed by atoms with Crippen LogP contribution in [0.1, 0.15) is 57.1 Å². The second kappa shape index (κ2) is 5.18. The highest BCUT2D eigenvalue weighted by Gasteiger charge is 2.57. The molecule has 0 unspecified atom stereocenters. The van der Waals surface area contributed by atoms with Gasteiger partial charge in [-0.2, -0.15) is 0 Å². The molecule has 1 nitrogen and oxygen atoms in total. The van der Waals surface area contributed by atoms with Gasteiger partial charge in [-0.1, -0.05) is 50.1 Å². The van der Waals surface area contributed by atoms with Gasteiger partial charge in [0.25, 0.3) is 0 Å². The van der Waals surface area contributed by atoms with E-state index < -0.39 is 0 Å². The molecule has 1 aromatic carbocycles. The lowest BCUT2D eigenvalue weighted by atomic mass is 9.43. The molecule has 1 aromatic rings. The molecule has 2 fully saturated rings. The van der Waals surface area contributed by atoms with Crippen molar-refractivity contribution in [2.45, 2.75) is 58.3 Å². The minimum absolute atomic E-state index is 0.420. The molecule has 110 valence electrons. The van der Waals surface area contributed by atoms with Crippen molar-refractivity contribution >= 4 is 0 Å². The van der Waals surface area contributed by atoms with Gasteiger partial charge in [0.15, 0.2) is 0 Å². The first kappa shape index (κ1) is 14.1. The van der Waals surface area contributed by atoms with Crippen LogP contribution < -0.4 is 5.32 Å². The van der Waals surface area contributed by atoms with Gasteiger partial charge in [-0.25, -0.2) is 0 Å². The van der Waals surface area contributed by atoms with Gasteiger partial charge in [0, 0.05) is 12.0 Å². The van der Waals surface area contributed by atoms with E-state index in [1.807, 2.05) is 0 Å². The minimum Gasteiger partial charge on any atom is -0.316 e. The van der Waals surface area contributed by atoms with E-state index in [0.717, 1.165) is 24.4 Å². The summed E-state index contributed by atoms with van der Waals surface area (Å²) >= 11 is 0. The van der Waals surface area contributed by atoms with Crippen LogP contribution >= 0.6 is 0 Å². The summed E-state index contributed by atoms with van der Waals surface area (Å²) in [7, 11) is 0. The van der Waals surface area contributed by atoms with Gasteiger partial charge in [0.2, 0.25) is 0 Å². The first-order valence-corrected chi connectivity index (χ1v) is 8.32. The van der Waals surface area contributed by atoms with Gasteiger partial charge in [0.05, 0.1) is 0 Å². The second-order valence-corrected chi connectivity index (χ2v) is 7.88. The van der Waals surface area contributed by atoms with E-state index in [-0.39, 0.29) is 0 Å². The number of hydrogen-bond acceptors (Lipinski definition) is 1. The number of hydrogen-bond donors (Lipinski definition) is 1. The molecule has 3 rings (SSSR count). The highest BCUT2D eigenvalue weighted by Crippen LogP contribution is 2.64. The van der Waals surface area contributed by atoms with Gasteiger partial charge < -0.3 is 5.32 Å². The predicted molar refractivity (Wildman–Crippen MR) is 86.1 cm³/mol. The van der Waals surface area contributed by atoms with Gasteiger partial charge in [-0.15, -0.1) is 0 Å². The van der Waals surface area contributed by atoms with Crippen LogP contribution in [0.15, 0.2) is 24.3 Å².